The van der Waals surface area contributed by atoms with Gasteiger partial charge < -0.3 is 14.2 Å². The first-order valence-corrected chi connectivity index (χ1v) is 8.09. The fraction of sp³-hybridized carbons (Fsp3) is 0. The fourth-order valence-corrected chi connectivity index (χ4v) is 2.46. The van der Waals surface area contributed by atoms with E-state index in [4.69, 9.17) is 14.2 Å². The molecule has 0 saturated carbocycles. The lowest BCUT2D eigenvalue weighted by atomic mass is 10.1. The zero-order valence-electron chi connectivity index (χ0n) is 14.4. The monoisotopic (exact) mass is 360 g/mol. The van der Waals surface area contributed by atoms with Gasteiger partial charge in [-0.1, -0.05) is 55.6 Å². The molecule has 0 amide bonds. The van der Waals surface area contributed by atoms with Crippen molar-refractivity contribution >= 4 is 22.7 Å². The number of ether oxygens (including phenoxy) is 3. The molecule has 0 fully saturated rings. The Morgan fingerprint density at radius 2 is 1.33 bits per heavy atom. The smallest absolute Gasteiger partial charge is 0.335 e. The summed E-state index contributed by atoms with van der Waals surface area (Å²) in [4.78, 5) is 23.5. The average molecular weight is 360 g/mol. The zero-order chi connectivity index (χ0) is 19.2. The van der Waals surface area contributed by atoms with Crippen molar-refractivity contribution in [2.45, 2.75) is 0 Å². The molecule has 0 aromatic heterocycles. The third-order valence-corrected chi connectivity index (χ3v) is 3.64. The van der Waals surface area contributed by atoms with Crippen LogP contribution in [-0.2, 0) is 9.59 Å². The molecule has 0 aliphatic rings. The van der Waals surface area contributed by atoms with Gasteiger partial charge in [0.2, 0.25) is 0 Å². The Kier molecular flexibility index (Phi) is 5.33. The molecular weight excluding hydrogens is 344 g/mol. The molecule has 5 nitrogen and oxygen atoms in total. The van der Waals surface area contributed by atoms with Crippen molar-refractivity contribution in [2.24, 2.45) is 0 Å². The van der Waals surface area contributed by atoms with E-state index in [0.29, 0.717) is 22.3 Å². The van der Waals surface area contributed by atoms with E-state index < -0.39 is 11.9 Å². The van der Waals surface area contributed by atoms with Gasteiger partial charge in [0, 0.05) is 29.0 Å². The van der Waals surface area contributed by atoms with Crippen LogP contribution in [0.5, 0.6) is 23.0 Å². The Labute approximate surface area is 156 Å². The van der Waals surface area contributed by atoms with E-state index in [9.17, 15) is 9.59 Å². The van der Waals surface area contributed by atoms with E-state index in [1.54, 1.807) is 24.3 Å². The molecule has 0 N–H and O–H groups in total. The minimum absolute atomic E-state index is 0.0414. The highest BCUT2D eigenvalue weighted by Gasteiger charge is 2.19. The third kappa shape index (κ3) is 4.04. The normalized spacial score (nSPS) is 10.1. The molecule has 0 unspecified atom stereocenters. The van der Waals surface area contributed by atoms with E-state index in [0.717, 1.165) is 12.2 Å². The number of benzene rings is 3. The minimum Gasteiger partial charge on any atom is -0.457 e. The molecule has 0 aliphatic heterocycles. The third-order valence-electron chi connectivity index (χ3n) is 3.64. The Morgan fingerprint density at radius 3 is 2.00 bits per heavy atom. The van der Waals surface area contributed by atoms with Crippen LogP contribution in [0.15, 0.2) is 86.0 Å². The second kappa shape index (κ2) is 8.01. The average Bonchev–Trinajstić information content (AvgIpc) is 2.71. The summed E-state index contributed by atoms with van der Waals surface area (Å²) in [5.41, 5.74) is 0. The van der Waals surface area contributed by atoms with Crippen LogP contribution in [0, 0.1) is 0 Å². The van der Waals surface area contributed by atoms with Gasteiger partial charge in [-0.2, -0.15) is 0 Å². The molecule has 0 aliphatic carbocycles. The number of hydrogen-bond donors (Lipinski definition) is 0. The summed E-state index contributed by atoms with van der Waals surface area (Å²) in [5, 5.41) is 1.24. The molecule has 0 radical (unpaired) electrons. The summed E-state index contributed by atoms with van der Waals surface area (Å²) in [7, 11) is 0. The van der Waals surface area contributed by atoms with E-state index in [2.05, 4.69) is 13.2 Å². The molecule has 27 heavy (non-hydrogen) atoms. The second-order valence-corrected chi connectivity index (χ2v) is 5.41. The predicted molar refractivity (Wildman–Crippen MR) is 102 cm³/mol. The second-order valence-electron chi connectivity index (χ2n) is 5.41. The van der Waals surface area contributed by atoms with E-state index >= 15 is 0 Å². The summed E-state index contributed by atoms with van der Waals surface area (Å²) >= 11 is 0. The quantitative estimate of drug-likeness (QED) is 0.358. The largest absolute Gasteiger partial charge is 0.457 e. The van der Waals surface area contributed by atoms with Gasteiger partial charge in [-0.25, -0.2) is 9.59 Å². The van der Waals surface area contributed by atoms with Gasteiger partial charge in [0.15, 0.2) is 11.5 Å². The summed E-state index contributed by atoms with van der Waals surface area (Å²) < 4.78 is 16.6. The zero-order valence-corrected chi connectivity index (χ0v) is 14.4. The molecule has 3 aromatic rings. The predicted octanol–water partition coefficient (Wildman–Crippen LogP) is 4.81. The molecule has 3 aromatic carbocycles. The topological polar surface area (TPSA) is 61.8 Å². The van der Waals surface area contributed by atoms with E-state index in [1.165, 1.54) is 6.07 Å². The maximum atomic E-state index is 11.8. The minimum atomic E-state index is -0.688. The SMILES string of the molecule is C=CC(=O)Oc1cc(Oc2ccccc2)c2ccccc2c1OC(=O)C=C. The van der Waals surface area contributed by atoms with Crippen molar-refractivity contribution in [1.29, 1.82) is 0 Å². The van der Waals surface area contributed by atoms with Crippen LogP contribution >= 0.6 is 0 Å². The number of hydrogen-bond acceptors (Lipinski definition) is 5. The Hall–Kier alpha value is -3.86. The first-order valence-electron chi connectivity index (χ1n) is 8.09. The van der Waals surface area contributed by atoms with Crippen LogP contribution < -0.4 is 14.2 Å². The van der Waals surface area contributed by atoms with E-state index in [1.807, 2.05) is 30.3 Å². The summed E-state index contributed by atoms with van der Waals surface area (Å²) in [6.45, 7) is 6.78. The fourth-order valence-electron chi connectivity index (χ4n) is 2.46. The van der Waals surface area contributed by atoms with Crippen molar-refractivity contribution in [3.63, 3.8) is 0 Å². The number of esters is 2. The molecule has 0 bridgehead atoms. The van der Waals surface area contributed by atoms with Crippen molar-refractivity contribution in [3.05, 3.63) is 86.0 Å². The van der Waals surface area contributed by atoms with Gasteiger partial charge >= 0.3 is 11.9 Å². The standard InChI is InChI=1S/C22H16O5/c1-3-20(23)26-19-14-18(25-15-10-6-5-7-11-15)16-12-8-9-13-17(16)22(19)27-21(24)4-2/h3-14H,1-2H2. The summed E-state index contributed by atoms with van der Waals surface area (Å²) in [6, 6.07) is 17.8. The molecule has 3 rings (SSSR count). The molecule has 5 heteroatoms. The molecule has 0 spiro atoms. The Balaban J connectivity index is 2.19. The van der Waals surface area contributed by atoms with Gasteiger partial charge in [-0.15, -0.1) is 0 Å². The first kappa shape index (κ1) is 17.9. The van der Waals surface area contributed by atoms with Gasteiger partial charge in [-0.3, -0.25) is 0 Å². The van der Waals surface area contributed by atoms with Gasteiger partial charge in [0.1, 0.15) is 11.5 Å². The van der Waals surface area contributed by atoms with Crippen molar-refractivity contribution in [3.8, 4) is 23.0 Å². The highest BCUT2D eigenvalue weighted by molar-refractivity contribution is 5.99. The summed E-state index contributed by atoms with van der Waals surface area (Å²) in [6.07, 6.45) is 2.05. The van der Waals surface area contributed by atoms with Crippen molar-refractivity contribution in [1.82, 2.24) is 0 Å². The van der Waals surface area contributed by atoms with Crippen LogP contribution in [0.4, 0.5) is 0 Å². The Bertz CT molecular complexity index is 1020. The molecular formula is C22H16O5. The number of fused-ring (bicyclic) bond motifs is 1. The lowest BCUT2D eigenvalue weighted by Gasteiger charge is -2.15. The molecule has 0 heterocycles. The van der Waals surface area contributed by atoms with Crippen LogP contribution in [0.3, 0.4) is 0 Å². The number of carbonyl (C=O) groups excluding carboxylic acids is 2. The molecule has 134 valence electrons. The highest BCUT2D eigenvalue weighted by Crippen LogP contribution is 2.43. The van der Waals surface area contributed by atoms with Crippen molar-refractivity contribution in [2.75, 3.05) is 0 Å². The number of para-hydroxylation sites is 1. The van der Waals surface area contributed by atoms with Gasteiger partial charge in [0.05, 0.1) is 0 Å². The lowest BCUT2D eigenvalue weighted by molar-refractivity contribution is -0.131. The summed E-state index contributed by atoms with van der Waals surface area (Å²) in [5.74, 6) is -0.160. The lowest BCUT2D eigenvalue weighted by Crippen LogP contribution is -2.09. The van der Waals surface area contributed by atoms with Crippen molar-refractivity contribution < 1.29 is 23.8 Å². The maximum Gasteiger partial charge on any atom is 0.335 e. The highest BCUT2D eigenvalue weighted by atomic mass is 16.6. The van der Waals surface area contributed by atoms with Crippen LogP contribution in [-0.4, -0.2) is 11.9 Å². The number of rotatable bonds is 6. The van der Waals surface area contributed by atoms with Gasteiger partial charge in [-0.05, 0) is 12.1 Å². The first-order chi connectivity index (χ1) is 13.1. The van der Waals surface area contributed by atoms with Crippen LogP contribution in [0.25, 0.3) is 10.8 Å². The maximum absolute atomic E-state index is 11.8. The number of carbonyl (C=O) groups is 2. The Morgan fingerprint density at radius 1 is 0.741 bits per heavy atom. The molecule has 0 saturated heterocycles. The van der Waals surface area contributed by atoms with Gasteiger partial charge in [0.25, 0.3) is 0 Å². The van der Waals surface area contributed by atoms with E-state index in [-0.39, 0.29) is 11.5 Å². The van der Waals surface area contributed by atoms with Crippen LogP contribution in [0.1, 0.15) is 0 Å². The van der Waals surface area contributed by atoms with Crippen LogP contribution in [0.2, 0.25) is 0 Å². The molecule has 0 atom stereocenters.